The fourth-order valence-electron chi connectivity index (χ4n) is 5.70. The zero-order valence-electron chi connectivity index (χ0n) is 23.0. The minimum Gasteiger partial charge on any atom is -0.598 e. The Labute approximate surface area is 246 Å². The van der Waals surface area contributed by atoms with E-state index >= 15 is 0 Å². The molecule has 0 bridgehead atoms. The summed E-state index contributed by atoms with van der Waals surface area (Å²) in [4.78, 5) is 22.7. The summed E-state index contributed by atoms with van der Waals surface area (Å²) < 4.78 is 18.4. The first-order chi connectivity index (χ1) is 19.2. The van der Waals surface area contributed by atoms with Gasteiger partial charge < -0.3 is 14.8 Å². The summed E-state index contributed by atoms with van der Waals surface area (Å²) in [5.41, 5.74) is 3.10. The largest absolute Gasteiger partial charge is 0.598 e. The van der Waals surface area contributed by atoms with Crippen molar-refractivity contribution in [2.24, 2.45) is 5.41 Å². The molecule has 2 aliphatic rings. The Hall–Kier alpha value is -2.57. The van der Waals surface area contributed by atoms with Crippen LogP contribution in [-0.4, -0.2) is 53.8 Å². The van der Waals surface area contributed by atoms with Crippen molar-refractivity contribution >= 4 is 52.1 Å². The van der Waals surface area contributed by atoms with Crippen LogP contribution >= 0.6 is 23.4 Å². The van der Waals surface area contributed by atoms with Gasteiger partial charge in [-0.2, -0.15) is 0 Å². The van der Waals surface area contributed by atoms with Crippen LogP contribution in [0, 0.1) is 5.41 Å². The van der Waals surface area contributed by atoms with E-state index < -0.39 is 11.4 Å². The van der Waals surface area contributed by atoms with E-state index in [4.69, 9.17) is 21.6 Å². The third-order valence-electron chi connectivity index (χ3n) is 7.88. The van der Waals surface area contributed by atoms with Crippen molar-refractivity contribution in [2.75, 3.05) is 30.4 Å². The van der Waals surface area contributed by atoms with E-state index in [1.165, 1.54) is 17.3 Å². The van der Waals surface area contributed by atoms with Crippen LogP contribution in [0.25, 0.3) is 5.65 Å². The molecule has 0 saturated carbocycles. The maximum atomic E-state index is 13.2. The second kappa shape index (κ2) is 10.7. The van der Waals surface area contributed by atoms with E-state index in [2.05, 4.69) is 35.4 Å². The van der Waals surface area contributed by atoms with Gasteiger partial charge in [-0.05, 0) is 57.7 Å². The van der Waals surface area contributed by atoms with Crippen LogP contribution < -0.4 is 14.9 Å². The molecule has 9 nitrogen and oxygen atoms in total. The number of anilines is 2. The minimum absolute atomic E-state index is 0.00557. The maximum absolute atomic E-state index is 13.2. The van der Waals surface area contributed by atoms with Gasteiger partial charge in [0.2, 0.25) is 5.95 Å². The summed E-state index contributed by atoms with van der Waals surface area (Å²) in [7, 11) is 1.80. The smallest absolute Gasteiger partial charge is 0.211 e. The molecule has 1 unspecified atom stereocenters. The molecule has 2 N–H and O–H groups in total. The van der Waals surface area contributed by atoms with E-state index in [-0.39, 0.29) is 16.2 Å². The summed E-state index contributed by atoms with van der Waals surface area (Å²) in [6.07, 6.45) is 12.0. The second-order valence-corrected chi connectivity index (χ2v) is 14.8. The van der Waals surface area contributed by atoms with Crippen molar-refractivity contribution in [1.82, 2.24) is 29.1 Å². The number of nitrogens with zero attached hydrogens (tertiary/aromatic N) is 6. The highest BCUT2D eigenvalue weighted by molar-refractivity contribution is 7.99. The standard InChI is InChI=1S/C28H33ClN8OS2/c1-27(2,3)40(38)35-23-18-6-5-10-31-19(18)16-28(23)8-13-36(14-9-28)26-34-17-21(25-33-12-15-37(25)26)39-20-7-11-32-24(30-4)22(20)29/h5-7,10-12,15,17,23,35H,8-9,13-14,16H2,1-4H3,(H,30,32)/t23-,40?/m1/s1. The van der Waals surface area contributed by atoms with Gasteiger partial charge >= 0.3 is 0 Å². The quantitative estimate of drug-likeness (QED) is 0.287. The van der Waals surface area contributed by atoms with Crippen molar-refractivity contribution < 1.29 is 4.55 Å². The molecule has 1 aliphatic carbocycles. The number of fused-ring (bicyclic) bond motifs is 2. The molecule has 0 radical (unpaired) electrons. The summed E-state index contributed by atoms with van der Waals surface area (Å²) in [6.45, 7) is 7.70. The Bertz CT molecular complexity index is 1530. The number of hydrogen-bond acceptors (Lipinski definition) is 9. The van der Waals surface area contributed by atoms with Crippen molar-refractivity contribution in [3.8, 4) is 0 Å². The summed E-state index contributed by atoms with van der Waals surface area (Å²) in [5.74, 6) is 1.51. The van der Waals surface area contributed by atoms with Crippen LogP contribution in [0.2, 0.25) is 5.02 Å². The zero-order valence-corrected chi connectivity index (χ0v) is 25.4. The molecular formula is C28H33ClN8OS2. The lowest BCUT2D eigenvalue weighted by Gasteiger charge is -2.44. The average molecular weight is 597 g/mol. The molecule has 40 heavy (non-hydrogen) atoms. The number of halogens is 1. The number of rotatable bonds is 6. The van der Waals surface area contributed by atoms with Gasteiger partial charge in [-0.1, -0.05) is 29.4 Å². The molecule has 1 spiro atoms. The van der Waals surface area contributed by atoms with Crippen LogP contribution in [0.5, 0.6) is 0 Å². The number of hydrogen-bond donors (Lipinski definition) is 2. The first kappa shape index (κ1) is 27.6. The van der Waals surface area contributed by atoms with E-state index in [0.717, 1.165) is 59.4 Å². The molecule has 1 aliphatic heterocycles. The Morgan fingerprint density at radius 1 is 1.07 bits per heavy atom. The normalized spacial score (nSPS) is 19.2. The molecule has 4 aromatic heterocycles. The lowest BCUT2D eigenvalue weighted by Crippen LogP contribution is -2.50. The predicted molar refractivity (Wildman–Crippen MR) is 161 cm³/mol. The fourth-order valence-corrected chi connectivity index (χ4v) is 7.87. The Morgan fingerprint density at radius 3 is 2.62 bits per heavy atom. The molecule has 12 heteroatoms. The molecule has 1 fully saturated rings. The molecular weight excluding hydrogens is 564 g/mol. The summed E-state index contributed by atoms with van der Waals surface area (Å²) >= 11 is 6.92. The zero-order chi connectivity index (χ0) is 28.1. The highest BCUT2D eigenvalue weighted by atomic mass is 35.5. The van der Waals surface area contributed by atoms with Crippen molar-refractivity contribution in [2.45, 2.75) is 60.6 Å². The Kier molecular flexibility index (Phi) is 7.37. The van der Waals surface area contributed by atoms with Crippen LogP contribution in [0.15, 0.2) is 59.0 Å². The number of nitrogens with one attached hydrogen (secondary N) is 2. The van der Waals surface area contributed by atoms with Crippen LogP contribution in [0.1, 0.15) is 50.9 Å². The Balaban J connectivity index is 1.25. The van der Waals surface area contributed by atoms with Crippen LogP contribution in [0.3, 0.4) is 0 Å². The predicted octanol–water partition coefficient (Wildman–Crippen LogP) is 5.30. The second-order valence-electron chi connectivity index (χ2n) is 11.4. The van der Waals surface area contributed by atoms with Crippen molar-refractivity contribution in [3.63, 3.8) is 0 Å². The monoisotopic (exact) mass is 596 g/mol. The number of piperidine rings is 1. The third kappa shape index (κ3) is 4.92. The molecule has 0 aromatic carbocycles. The molecule has 2 atom stereocenters. The molecule has 210 valence electrons. The highest BCUT2D eigenvalue weighted by Gasteiger charge is 2.51. The first-order valence-electron chi connectivity index (χ1n) is 13.4. The molecule has 0 amide bonds. The molecule has 5 heterocycles. The molecule has 1 saturated heterocycles. The van der Waals surface area contributed by atoms with Gasteiger partial charge in [-0.3, -0.25) is 9.38 Å². The van der Waals surface area contributed by atoms with E-state index in [1.807, 2.05) is 57.7 Å². The summed E-state index contributed by atoms with van der Waals surface area (Å²) in [6, 6.07) is 6.03. The van der Waals surface area contributed by atoms with E-state index in [9.17, 15) is 4.55 Å². The van der Waals surface area contributed by atoms with E-state index in [0.29, 0.717) is 10.8 Å². The highest BCUT2D eigenvalue weighted by Crippen LogP contribution is 2.52. The SMILES string of the molecule is CNc1nccc(Sc2cnc(N3CCC4(CC3)Cc3ncccc3[C@H]4N[S+]([O-])C(C)(C)C)n3ccnc23)c1Cl. The number of pyridine rings is 2. The first-order valence-corrected chi connectivity index (χ1v) is 15.7. The third-order valence-corrected chi connectivity index (χ3v) is 11.0. The van der Waals surface area contributed by atoms with Gasteiger partial charge in [0.1, 0.15) is 10.6 Å². The molecule has 4 aromatic rings. The van der Waals surface area contributed by atoms with Crippen LogP contribution in [0.4, 0.5) is 11.8 Å². The van der Waals surface area contributed by atoms with Crippen molar-refractivity contribution in [1.29, 1.82) is 0 Å². The number of imidazole rings is 1. The Morgan fingerprint density at radius 2 is 1.88 bits per heavy atom. The van der Waals surface area contributed by atoms with Gasteiger partial charge in [-0.15, -0.1) is 4.72 Å². The van der Waals surface area contributed by atoms with Crippen molar-refractivity contribution in [3.05, 3.63) is 65.5 Å². The topological polar surface area (TPSA) is 106 Å². The van der Waals surface area contributed by atoms with Gasteiger partial charge in [0, 0.05) is 78.5 Å². The fraction of sp³-hybridized carbons (Fsp3) is 0.429. The van der Waals surface area contributed by atoms with Gasteiger partial charge in [0.25, 0.3) is 0 Å². The number of aromatic nitrogens is 5. The van der Waals surface area contributed by atoms with Gasteiger partial charge in [0.15, 0.2) is 5.65 Å². The lowest BCUT2D eigenvalue weighted by atomic mass is 9.73. The minimum atomic E-state index is -1.18. The van der Waals surface area contributed by atoms with Gasteiger partial charge in [-0.25, -0.2) is 15.0 Å². The maximum Gasteiger partial charge on any atom is 0.211 e. The summed E-state index contributed by atoms with van der Waals surface area (Å²) in [5, 5.41) is 3.60. The van der Waals surface area contributed by atoms with Crippen LogP contribution in [-0.2, 0) is 17.8 Å². The average Bonchev–Trinajstić information content (AvgIpc) is 3.54. The lowest BCUT2D eigenvalue weighted by molar-refractivity contribution is 0.175. The van der Waals surface area contributed by atoms with Gasteiger partial charge in [0.05, 0.1) is 16.0 Å². The molecule has 6 rings (SSSR count). The van der Waals surface area contributed by atoms with E-state index in [1.54, 1.807) is 13.2 Å².